The van der Waals surface area contributed by atoms with Gasteiger partial charge in [-0.1, -0.05) is 11.8 Å². The van der Waals surface area contributed by atoms with Gasteiger partial charge in [-0.3, -0.25) is 9.79 Å². The van der Waals surface area contributed by atoms with Crippen LogP contribution in [0.25, 0.3) is 0 Å². The van der Waals surface area contributed by atoms with Gasteiger partial charge >= 0.3 is 5.97 Å². The summed E-state index contributed by atoms with van der Waals surface area (Å²) in [5.74, 6) is -0.800. The fourth-order valence-corrected chi connectivity index (χ4v) is 1.46. The van der Waals surface area contributed by atoms with E-state index < -0.39 is 11.2 Å². The van der Waals surface area contributed by atoms with Crippen LogP contribution in [0.4, 0.5) is 0 Å². The highest BCUT2D eigenvalue weighted by Crippen LogP contribution is 2.12. The van der Waals surface area contributed by atoms with E-state index in [2.05, 4.69) is 10.3 Å². The van der Waals surface area contributed by atoms with Crippen LogP contribution >= 0.6 is 24.2 Å². The van der Waals surface area contributed by atoms with Gasteiger partial charge < -0.3 is 10.4 Å². The number of nitrogens with one attached hydrogen (secondary N) is 1. The van der Waals surface area contributed by atoms with Crippen molar-refractivity contribution in [1.82, 2.24) is 5.32 Å². The molecule has 1 aliphatic rings. The second-order valence-electron chi connectivity index (χ2n) is 2.21. The number of amidine groups is 1. The Kier molecular flexibility index (Phi) is 5.08. The number of rotatable bonds is 2. The molecule has 0 aromatic heterocycles. The van der Waals surface area contributed by atoms with E-state index in [1.807, 2.05) is 0 Å². The lowest BCUT2D eigenvalue weighted by Crippen LogP contribution is -2.21. The minimum Gasteiger partial charge on any atom is -0.480 e. The van der Waals surface area contributed by atoms with E-state index in [1.54, 1.807) is 6.92 Å². The third-order valence-electron chi connectivity index (χ3n) is 1.28. The van der Waals surface area contributed by atoms with Gasteiger partial charge in [-0.15, -0.1) is 12.4 Å². The van der Waals surface area contributed by atoms with E-state index in [9.17, 15) is 4.79 Å². The number of aliphatic carboxylic acids is 1. The van der Waals surface area contributed by atoms with Crippen molar-refractivity contribution < 1.29 is 9.90 Å². The highest BCUT2D eigenvalue weighted by Gasteiger charge is 2.16. The monoisotopic (exact) mass is 210 g/mol. The van der Waals surface area contributed by atoms with Crippen molar-refractivity contribution in [2.24, 2.45) is 4.99 Å². The molecule has 0 amide bonds. The van der Waals surface area contributed by atoms with Crippen LogP contribution in [0.3, 0.4) is 0 Å². The molecular weight excluding hydrogens is 200 g/mol. The predicted octanol–water partition coefficient (Wildman–Crippen LogP) is 0.574. The smallest absolute Gasteiger partial charge is 0.316 e. The molecule has 1 aliphatic heterocycles. The Hall–Kier alpha value is -0.420. The molecule has 0 aromatic rings. The number of hydrogen-bond donors (Lipinski definition) is 2. The van der Waals surface area contributed by atoms with Crippen LogP contribution in [0.15, 0.2) is 4.99 Å². The average molecular weight is 211 g/mol. The number of hydrogen-bond acceptors (Lipinski definition) is 4. The van der Waals surface area contributed by atoms with Crippen molar-refractivity contribution in [2.45, 2.75) is 12.2 Å². The van der Waals surface area contributed by atoms with Crippen molar-refractivity contribution in [3.05, 3.63) is 0 Å². The lowest BCUT2D eigenvalue weighted by Gasteiger charge is -2.04. The van der Waals surface area contributed by atoms with Crippen LogP contribution in [-0.4, -0.2) is 34.6 Å². The summed E-state index contributed by atoms with van der Waals surface area (Å²) in [6.07, 6.45) is 0. The van der Waals surface area contributed by atoms with Gasteiger partial charge in [0.25, 0.3) is 0 Å². The first kappa shape index (κ1) is 11.6. The van der Waals surface area contributed by atoms with Gasteiger partial charge in [-0.25, -0.2) is 0 Å². The molecule has 0 radical (unpaired) electrons. The normalized spacial score (nSPS) is 17.2. The second-order valence-corrected chi connectivity index (χ2v) is 3.54. The summed E-state index contributed by atoms with van der Waals surface area (Å²) in [7, 11) is 0. The summed E-state index contributed by atoms with van der Waals surface area (Å²) in [5, 5.41) is 11.9. The van der Waals surface area contributed by atoms with Crippen molar-refractivity contribution in [1.29, 1.82) is 0 Å². The molecule has 1 rings (SSSR count). The van der Waals surface area contributed by atoms with Gasteiger partial charge in [0.15, 0.2) is 5.17 Å². The first-order chi connectivity index (χ1) is 5.20. The first-order valence-electron chi connectivity index (χ1n) is 3.38. The first-order valence-corrected chi connectivity index (χ1v) is 4.26. The molecule has 0 saturated heterocycles. The molecule has 4 nitrogen and oxygen atoms in total. The van der Waals surface area contributed by atoms with Crippen LogP contribution in [0.1, 0.15) is 6.92 Å². The molecule has 1 atom stereocenters. The summed E-state index contributed by atoms with van der Waals surface area (Å²) in [4.78, 5) is 14.4. The standard InChI is InChI=1S/C6H10N2O2S.ClH/c1-4(5(9)10)11-6-7-2-3-8-6;/h4H,2-3H2,1H3,(H,7,8)(H,9,10);1H. The van der Waals surface area contributed by atoms with Crippen LogP contribution in [0, 0.1) is 0 Å². The van der Waals surface area contributed by atoms with Crippen molar-refractivity contribution in [3.8, 4) is 0 Å². The van der Waals surface area contributed by atoms with Crippen molar-refractivity contribution in [2.75, 3.05) is 13.1 Å². The van der Waals surface area contributed by atoms with Gasteiger partial charge in [0, 0.05) is 6.54 Å². The third kappa shape index (κ3) is 3.32. The molecule has 0 aromatic carbocycles. The molecule has 1 heterocycles. The topological polar surface area (TPSA) is 61.7 Å². The molecular formula is C6H11ClN2O2S. The summed E-state index contributed by atoms with van der Waals surface area (Å²) < 4.78 is 0. The Morgan fingerprint density at radius 1 is 1.83 bits per heavy atom. The summed E-state index contributed by atoms with van der Waals surface area (Å²) in [6, 6.07) is 0. The zero-order chi connectivity index (χ0) is 8.27. The molecule has 0 spiro atoms. The Labute approximate surface area is 81.2 Å². The summed E-state index contributed by atoms with van der Waals surface area (Å²) in [6.45, 7) is 3.23. The summed E-state index contributed by atoms with van der Waals surface area (Å²) in [5.41, 5.74) is 0. The molecule has 0 aliphatic carbocycles. The number of carboxylic acids is 1. The molecule has 1 unspecified atom stereocenters. The fraction of sp³-hybridized carbons (Fsp3) is 0.667. The highest BCUT2D eigenvalue weighted by molar-refractivity contribution is 8.14. The maximum atomic E-state index is 10.4. The molecule has 12 heavy (non-hydrogen) atoms. The number of carboxylic acid groups (broad SMARTS) is 1. The molecule has 2 N–H and O–H groups in total. The van der Waals surface area contributed by atoms with Crippen molar-refractivity contribution >= 4 is 35.3 Å². The minimum absolute atomic E-state index is 0. The fourth-order valence-electron chi connectivity index (χ4n) is 0.673. The lowest BCUT2D eigenvalue weighted by molar-refractivity contribution is -0.136. The maximum absolute atomic E-state index is 10.4. The Morgan fingerprint density at radius 2 is 2.50 bits per heavy atom. The largest absolute Gasteiger partial charge is 0.480 e. The summed E-state index contributed by atoms with van der Waals surface area (Å²) >= 11 is 1.25. The van der Waals surface area contributed by atoms with E-state index in [4.69, 9.17) is 5.11 Å². The Balaban J connectivity index is 0.00000121. The quantitative estimate of drug-likeness (QED) is 0.700. The molecule has 70 valence electrons. The van der Waals surface area contributed by atoms with Crippen molar-refractivity contribution in [3.63, 3.8) is 0 Å². The van der Waals surface area contributed by atoms with Crippen LogP contribution < -0.4 is 5.32 Å². The van der Waals surface area contributed by atoms with Crippen LogP contribution in [0.2, 0.25) is 0 Å². The number of thioether (sulfide) groups is 1. The van der Waals surface area contributed by atoms with Crippen LogP contribution in [0.5, 0.6) is 0 Å². The number of aliphatic imine (C=N–C) groups is 1. The maximum Gasteiger partial charge on any atom is 0.316 e. The number of nitrogens with zero attached hydrogens (tertiary/aromatic N) is 1. The van der Waals surface area contributed by atoms with Gasteiger partial charge in [0.05, 0.1) is 6.54 Å². The van der Waals surface area contributed by atoms with Gasteiger partial charge in [0.1, 0.15) is 5.25 Å². The number of carbonyl (C=O) groups is 1. The molecule has 0 saturated carbocycles. The molecule has 0 fully saturated rings. The highest BCUT2D eigenvalue weighted by atomic mass is 35.5. The van der Waals surface area contributed by atoms with Gasteiger partial charge in [-0.05, 0) is 6.92 Å². The average Bonchev–Trinajstić information content (AvgIpc) is 2.39. The van der Waals surface area contributed by atoms with E-state index in [-0.39, 0.29) is 12.4 Å². The van der Waals surface area contributed by atoms with Crippen LogP contribution in [-0.2, 0) is 4.79 Å². The predicted molar refractivity (Wildman–Crippen MR) is 52.2 cm³/mol. The van der Waals surface area contributed by atoms with E-state index in [1.165, 1.54) is 11.8 Å². The third-order valence-corrected chi connectivity index (χ3v) is 2.33. The Morgan fingerprint density at radius 3 is 2.92 bits per heavy atom. The molecule has 0 bridgehead atoms. The Bertz CT molecular complexity index is 198. The zero-order valence-corrected chi connectivity index (χ0v) is 8.24. The second kappa shape index (κ2) is 5.27. The number of halogens is 1. The van der Waals surface area contributed by atoms with Gasteiger partial charge in [-0.2, -0.15) is 0 Å². The SMILES string of the molecule is CC(SC1=NCCN1)C(=O)O.Cl. The molecule has 6 heteroatoms. The van der Waals surface area contributed by atoms with E-state index in [0.717, 1.165) is 18.3 Å². The zero-order valence-electron chi connectivity index (χ0n) is 6.61. The minimum atomic E-state index is -0.800. The van der Waals surface area contributed by atoms with E-state index >= 15 is 0 Å². The van der Waals surface area contributed by atoms with Gasteiger partial charge in [0.2, 0.25) is 0 Å². The lowest BCUT2D eigenvalue weighted by atomic mass is 10.5. The van der Waals surface area contributed by atoms with E-state index in [0.29, 0.717) is 0 Å².